The number of hydrogen-bond acceptors (Lipinski definition) is 3. The van der Waals surface area contributed by atoms with E-state index in [1.165, 1.54) is 21.7 Å². The average Bonchev–Trinajstić information content (AvgIpc) is 2.22. The summed E-state index contributed by atoms with van der Waals surface area (Å²) in [6.07, 6.45) is 0.361. The van der Waals surface area contributed by atoms with Gasteiger partial charge in [-0.15, -0.1) is 0 Å². The molecule has 2 atom stereocenters. The first-order chi connectivity index (χ1) is 8.04. The van der Waals surface area contributed by atoms with E-state index in [1.54, 1.807) is 0 Å². The number of aromatic nitrogens is 2. The second-order valence-electron chi connectivity index (χ2n) is 4.65. The summed E-state index contributed by atoms with van der Waals surface area (Å²) in [6.45, 7) is 6.20. The van der Waals surface area contributed by atoms with Crippen molar-refractivity contribution in [3.05, 3.63) is 32.8 Å². The lowest BCUT2D eigenvalue weighted by Crippen LogP contribution is -3.15. The molecule has 0 bridgehead atoms. The Morgan fingerprint density at radius 3 is 2.65 bits per heavy atom. The summed E-state index contributed by atoms with van der Waals surface area (Å²) in [6, 6.07) is 2.55. The van der Waals surface area contributed by atoms with Gasteiger partial charge in [-0.2, -0.15) is 4.68 Å². The SMILES string of the molecule is CC1C[NH+](Cn2[nH]c(=O)ccc2=O)CC(C)O1. The summed E-state index contributed by atoms with van der Waals surface area (Å²) in [4.78, 5) is 24.0. The van der Waals surface area contributed by atoms with Crippen LogP contribution in [0.3, 0.4) is 0 Å². The minimum Gasteiger partial charge on any atom is -0.364 e. The molecule has 2 N–H and O–H groups in total. The zero-order chi connectivity index (χ0) is 12.4. The molecule has 1 fully saturated rings. The maximum Gasteiger partial charge on any atom is 0.269 e. The summed E-state index contributed by atoms with van der Waals surface area (Å²) in [7, 11) is 0. The smallest absolute Gasteiger partial charge is 0.269 e. The van der Waals surface area contributed by atoms with Crippen molar-refractivity contribution in [1.29, 1.82) is 0 Å². The maximum absolute atomic E-state index is 11.6. The van der Waals surface area contributed by atoms with Gasteiger partial charge in [0.05, 0.1) is 0 Å². The highest BCUT2D eigenvalue weighted by Gasteiger charge is 2.25. The van der Waals surface area contributed by atoms with E-state index in [1.807, 2.05) is 13.8 Å². The van der Waals surface area contributed by atoms with E-state index < -0.39 is 0 Å². The van der Waals surface area contributed by atoms with Gasteiger partial charge in [0, 0.05) is 12.1 Å². The van der Waals surface area contributed by atoms with E-state index in [0.29, 0.717) is 6.67 Å². The van der Waals surface area contributed by atoms with Gasteiger partial charge < -0.3 is 9.64 Å². The first kappa shape index (κ1) is 12.1. The molecule has 2 rings (SSSR count). The fourth-order valence-electron chi connectivity index (χ4n) is 2.32. The van der Waals surface area contributed by atoms with E-state index in [0.717, 1.165) is 13.1 Å². The standard InChI is InChI=1S/C11H17N3O3/c1-8-5-13(6-9(2)17-8)7-14-11(16)4-3-10(15)12-14/h3-4,8-9H,5-7H2,1-2H3,(H,12,15)/p+1. The summed E-state index contributed by atoms with van der Waals surface area (Å²) < 4.78 is 6.99. The highest BCUT2D eigenvalue weighted by molar-refractivity contribution is 4.85. The topological polar surface area (TPSA) is 68.5 Å². The Morgan fingerprint density at radius 2 is 2.00 bits per heavy atom. The van der Waals surface area contributed by atoms with Crippen LogP contribution in [-0.2, 0) is 11.4 Å². The van der Waals surface area contributed by atoms with Gasteiger partial charge in [-0.25, -0.2) is 0 Å². The third kappa shape index (κ3) is 3.04. The predicted octanol–water partition coefficient (Wildman–Crippen LogP) is -1.81. The number of nitrogens with one attached hydrogen (secondary N) is 2. The summed E-state index contributed by atoms with van der Waals surface area (Å²) in [5.41, 5.74) is -0.428. The van der Waals surface area contributed by atoms with Gasteiger partial charge in [0.2, 0.25) is 0 Å². The van der Waals surface area contributed by atoms with Crippen molar-refractivity contribution in [3.63, 3.8) is 0 Å². The van der Waals surface area contributed by atoms with Gasteiger partial charge in [-0.1, -0.05) is 0 Å². The molecule has 2 unspecified atom stereocenters. The Hall–Kier alpha value is -1.40. The summed E-state index contributed by atoms with van der Waals surface area (Å²) in [5.74, 6) is 0. The van der Waals surface area contributed by atoms with Gasteiger partial charge in [0.1, 0.15) is 25.3 Å². The Bertz CT molecular complexity index is 483. The van der Waals surface area contributed by atoms with E-state index >= 15 is 0 Å². The second kappa shape index (κ2) is 4.85. The molecule has 0 radical (unpaired) electrons. The quantitative estimate of drug-likeness (QED) is 0.640. The van der Waals surface area contributed by atoms with Crippen LogP contribution >= 0.6 is 0 Å². The molecule has 6 nitrogen and oxygen atoms in total. The number of nitrogens with zero attached hydrogens (tertiary/aromatic N) is 1. The van der Waals surface area contributed by atoms with Crippen LogP contribution in [0.2, 0.25) is 0 Å². The molecule has 6 heteroatoms. The Balaban J connectivity index is 2.12. The number of ether oxygens (including phenoxy) is 1. The molecule has 0 aromatic carbocycles. The fourth-order valence-corrected chi connectivity index (χ4v) is 2.32. The normalized spacial score (nSPS) is 29.2. The van der Waals surface area contributed by atoms with Crippen LogP contribution in [0.1, 0.15) is 13.8 Å². The molecule has 1 aliphatic heterocycles. The lowest BCUT2D eigenvalue weighted by Gasteiger charge is -2.32. The minimum absolute atomic E-state index is 0.177. The molecule has 17 heavy (non-hydrogen) atoms. The minimum atomic E-state index is -0.252. The molecule has 0 saturated carbocycles. The van der Waals surface area contributed by atoms with Crippen molar-refractivity contribution in [2.45, 2.75) is 32.7 Å². The largest absolute Gasteiger partial charge is 0.364 e. The van der Waals surface area contributed by atoms with Crippen LogP contribution in [0.25, 0.3) is 0 Å². The summed E-state index contributed by atoms with van der Waals surface area (Å²) >= 11 is 0. The zero-order valence-corrected chi connectivity index (χ0v) is 10.1. The molecule has 1 aliphatic rings. The molecular formula is C11H18N3O3+. The van der Waals surface area contributed by atoms with Gasteiger partial charge in [0.15, 0.2) is 6.67 Å². The summed E-state index contributed by atoms with van der Waals surface area (Å²) in [5, 5.41) is 2.54. The Morgan fingerprint density at radius 1 is 1.35 bits per heavy atom. The van der Waals surface area contributed by atoms with Crippen LogP contribution in [0.4, 0.5) is 0 Å². The number of morpholine rings is 1. The van der Waals surface area contributed by atoms with Crippen molar-refractivity contribution >= 4 is 0 Å². The first-order valence-electron chi connectivity index (χ1n) is 5.84. The van der Waals surface area contributed by atoms with E-state index in [4.69, 9.17) is 4.74 Å². The molecule has 94 valence electrons. The van der Waals surface area contributed by atoms with E-state index in [2.05, 4.69) is 5.10 Å². The molecule has 2 heterocycles. The van der Waals surface area contributed by atoms with Crippen molar-refractivity contribution in [2.75, 3.05) is 13.1 Å². The molecule has 0 amide bonds. The molecular weight excluding hydrogens is 222 g/mol. The zero-order valence-electron chi connectivity index (χ0n) is 10.1. The highest BCUT2D eigenvalue weighted by atomic mass is 16.5. The predicted molar refractivity (Wildman–Crippen MR) is 62.0 cm³/mol. The lowest BCUT2D eigenvalue weighted by molar-refractivity contribution is -0.937. The van der Waals surface area contributed by atoms with Crippen molar-refractivity contribution in [1.82, 2.24) is 9.78 Å². The van der Waals surface area contributed by atoms with Crippen LogP contribution in [0.5, 0.6) is 0 Å². The molecule has 1 aromatic rings. The van der Waals surface area contributed by atoms with Gasteiger partial charge in [0.25, 0.3) is 11.1 Å². The third-order valence-corrected chi connectivity index (χ3v) is 2.89. The molecule has 0 spiro atoms. The molecule has 0 aliphatic carbocycles. The first-order valence-corrected chi connectivity index (χ1v) is 5.84. The van der Waals surface area contributed by atoms with Crippen molar-refractivity contribution in [2.24, 2.45) is 0 Å². The second-order valence-corrected chi connectivity index (χ2v) is 4.65. The van der Waals surface area contributed by atoms with Crippen molar-refractivity contribution < 1.29 is 9.64 Å². The number of H-pyrrole nitrogens is 1. The fraction of sp³-hybridized carbons (Fsp3) is 0.636. The Kier molecular flexibility index (Phi) is 3.44. The van der Waals surface area contributed by atoms with Gasteiger partial charge >= 0.3 is 0 Å². The highest BCUT2D eigenvalue weighted by Crippen LogP contribution is 1.98. The lowest BCUT2D eigenvalue weighted by atomic mass is 10.2. The number of hydrogen-bond donors (Lipinski definition) is 2. The van der Waals surface area contributed by atoms with Gasteiger partial charge in [-0.3, -0.25) is 14.7 Å². The number of rotatable bonds is 2. The monoisotopic (exact) mass is 240 g/mol. The number of quaternary nitrogens is 1. The van der Waals surface area contributed by atoms with Crippen LogP contribution in [0.15, 0.2) is 21.7 Å². The number of aromatic amines is 1. The van der Waals surface area contributed by atoms with Crippen LogP contribution in [-0.4, -0.2) is 35.1 Å². The van der Waals surface area contributed by atoms with E-state index in [-0.39, 0.29) is 23.3 Å². The maximum atomic E-state index is 11.6. The molecule has 1 aromatic heterocycles. The van der Waals surface area contributed by atoms with E-state index in [9.17, 15) is 9.59 Å². The van der Waals surface area contributed by atoms with Crippen LogP contribution in [0, 0.1) is 0 Å². The Labute approximate surface area is 98.8 Å². The van der Waals surface area contributed by atoms with Gasteiger partial charge in [-0.05, 0) is 13.8 Å². The van der Waals surface area contributed by atoms with Crippen LogP contribution < -0.4 is 16.0 Å². The van der Waals surface area contributed by atoms with Crippen molar-refractivity contribution in [3.8, 4) is 0 Å². The molecule has 1 saturated heterocycles. The third-order valence-electron chi connectivity index (χ3n) is 2.89. The average molecular weight is 240 g/mol.